The summed E-state index contributed by atoms with van der Waals surface area (Å²) < 4.78 is 0. The molecule has 1 saturated carbocycles. The van der Waals surface area contributed by atoms with Gasteiger partial charge in [-0.1, -0.05) is 6.92 Å². The Labute approximate surface area is 120 Å². The normalized spacial score (nSPS) is 22.5. The molecule has 6 heteroatoms. The second kappa shape index (κ2) is 5.23. The molecule has 0 bridgehead atoms. The number of nitrogens with one attached hydrogen (secondary N) is 1. The van der Waals surface area contributed by atoms with Crippen LogP contribution in [0.15, 0.2) is 6.07 Å². The Morgan fingerprint density at radius 2 is 2.26 bits per heavy atom. The fourth-order valence-corrected chi connectivity index (χ4v) is 3.55. The number of aliphatic hydroxyl groups excluding tert-OH is 1. The van der Waals surface area contributed by atoms with Crippen LogP contribution in [0, 0.1) is 5.92 Å². The summed E-state index contributed by atoms with van der Waals surface area (Å²) in [5, 5.41) is 14.0. The number of aromatic nitrogens is 2. The van der Waals surface area contributed by atoms with Crippen molar-refractivity contribution in [3.05, 3.63) is 16.2 Å². The molecule has 0 amide bonds. The Bertz CT molecular complexity index is 595. The molecule has 0 aliphatic heterocycles. The van der Waals surface area contributed by atoms with E-state index in [0.717, 1.165) is 41.8 Å². The molecular formula is C13H16ClN3OS. The van der Waals surface area contributed by atoms with E-state index in [1.165, 1.54) is 4.88 Å². The molecule has 19 heavy (non-hydrogen) atoms. The lowest BCUT2D eigenvalue weighted by Crippen LogP contribution is -2.33. The average molecular weight is 298 g/mol. The van der Waals surface area contributed by atoms with Crippen LogP contribution < -0.4 is 5.32 Å². The van der Waals surface area contributed by atoms with E-state index >= 15 is 0 Å². The van der Waals surface area contributed by atoms with Crippen molar-refractivity contribution in [2.75, 3.05) is 11.9 Å². The van der Waals surface area contributed by atoms with Crippen LogP contribution in [-0.4, -0.2) is 27.7 Å². The number of nitrogens with zero attached hydrogens (tertiary/aromatic N) is 2. The minimum atomic E-state index is -0.117. The van der Waals surface area contributed by atoms with Crippen molar-refractivity contribution in [2.45, 2.75) is 32.3 Å². The van der Waals surface area contributed by atoms with E-state index in [0.29, 0.717) is 5.92 Å². The lowest BCUT2D eigenvalue weighted by molar-refractivity contribution is 0.0486. The average Bonchev–Trinajstić information content (AvgIpc) is 2.75. The summed E-state index contributed by atoms with van der Waals surface area (Å²) >= 11 is 7.63. The van der Waals surface area contributed by atoms with Gasteiger partial charge in [0.05, 0.1) is 11.5 Å². The van der Waals surface area contributed by atoms with Crippen molar-refractivity contribution in [1.82, 2.24) is 9.97 Å². The predicted molar refractivity (Wildman–Crippen MR) is 79.0 cm³/mol. The van der Waals surface area contributed by atoms with E-state index in [1.807, 2.05) is 0 Å². The van der Waals surface area contributed by atoms with Gasteiger partial charge in [-0.05, 0) is 42.8 Å². The predicted octanol–water partition coefficient (Wildman–Crippen LogP) is 3.09. The standard InChI is InChI=1S/C13H16ClN3OS/c1-2-9-5-10-11(15-6-7-3-8(18)4-7)16-13(14)17-12(10)19-9/h5,7-8,18H,2-4,6H2,1H3,(H,15,16,17). The second-order valence-electron chi connectivity index (χ2n) is 5.00. The van der Waals surface area contributed by atoms with Crippen LogP contribution in [0.3, 0.4) is 0 Å². The van der Waals surface area contributed by atoms with Crippen molar-refractivity contribution < 1.29 is 5.11 Å². The zero-order chi connectivity index (χ0) is 13.4. The quantitative estimate of drug-likeness (QED) is 0.852. The molecule has 2 aromatic rings. The first-order chi connectivity index (χ1) is 9.15. The Kier molecular flexibility index (Phi) is 3.60. The van der Waals surface area contributed by atoms with Gasteiger partial charge in [-0.15, -0.1) is 11.3 Å². The molecule has 0 aromatic carbocycles. The van der Waals surface area contributed by atoms with Gasteiger partial charge >= 0.3 is 0 Å². The Morgan fingerprint density at radius 1 is 1.47 bits per heavy atom. The van der Waals surface area contributed by atoms with E-state index in [4.69, 9.17) is 11.6 Å². The highest BCUT2D eigenvalue weighted by atomic mass is 35.5. The maximum atomic E-state index is 9.29. The molecule has 0 radical (unpaired) electrons. The number of thiophene rings is 1. The molecule has 4 nitrogen and oxygen atoms in total. The molecule has 1 fully saturated rings. The Balaban J connectivity index is 1.82. The van der Waals surface area contributed by atoms with E-state index in [1.54, 1.807) is 11.3 Å². The minimum absolute atomic E-state index is 0.117. The lowest BCUT2D eigenvalue weighted by Gasteiger charge is -2.31. The van der Waals surface area contributed by atoms with Crippen molar-refractivity contribution in [3.63, 3.8) is 0 Å². The summed E-state index contributed by atoms with van der Waals surface area (Å²) in [7, 11) is 0. The molecule has 0 atom stereocenters. The molecule has 1 aliphatic rings. The highest BCUT2D eigenvalue weighted by Crippen LogP contribution is 2.32. The van der Waals surface area contributed by atoms with Crippen LogP contribution in [-0.2, 0) is 6.42 Å². The van der Waals surface area contributed by atoms with Crippen LogP contribution >= 0.6 is 22.9 Å². The fraction of sp³-hybridized carbons (Fsp3) is 0.538. The number of halogens is 1. The zero-order valence-corrected chi connectivity index (χ0v) is 12.3. The number of aliphatic hydroxyl groups is 1. The second-order valence-corrected chi connectivity index (χ2v) is 6.45. The molecular weight excluding hydrogens is 282 g/mol. The van der Waals surface area contributed by atoms with Gasteiger partial charge in [-0.25, -0.2) is 9.97 Å². The minimum Gasteiger partial charge on any atom is -0.393 e. The molecule has 102 valence electrons. The van der Waals surface area contributed by atoms with Gasteiger partial charge in [-0.3, -0.25) is 0 Å². The van der Waals surface area contributed by atoms with E-state index in [2.05, 4.69) is 28.3 Å². The topological polar surface area (TPSA) is 58.0 Å². The van der Waals surface area contributed by atoms with Crippen molar-refractivity contribution in [3.8, 4) is 0 Å². The first-order valence-corrected chi connectivity index (χ1v) is 7.73. The third-order valence-corrected chi connectivity index (χ3v) is 4.88. The maximum Gasteiger partial charge on any atom is 0.225 e. The van der Waals surface area contributed by atoms with Gasteiger partial charge in [0, 0.05) is 11.4 Å². The monoisotopic (exact) mass is 297 g/mol. The molecule has 0 saturated heterocycles. The Morgan fingerprint density at radius 3 is 2.95 bits per heavy atom. The smallest absolute Gasteiger partial charge is 0.225 e. The molecule has 0 unspecified atom stereocenters. The maximum absolute atomic E-state index is 9.29. The number of hydrogen-bond donors (Lipinski definition) is 2. The van der Waals surface area contributed by atoms with Gasteiger partial charge < -0.3 is 10.4 Å². The van der Waals surface area contributed by atoms with Crippen LogP contribution in [0.2, 0.25) is 5.28 Å². The first-order valence-electron chi connectivity index (χ1n) is 6.53. The third kappa shape index (κ3) is 2.68. The van der Waals surface area contributed by atoms with Crippen LogP contribution in [0.25, 0.3) is 10.2 Å². The number of aryl methyl sites for hydroxylation is 1. The van der Waals surface area contributed by atoms with Crippen LogP contribution in [0.1, 0.15) is 24.6 Å². The number of hydrogen-bond acceptors (Lipinski definition) is 5. The SMILES string of the molecule is CCc1cc2c(NCC3CC(O)C3)nc(Cl)nc2s1. The van der Waals surface area contributed by atoms with Crippen molar-refractivity contribution >= 4 is 39.0 Å². The number of fused-ring (bicyclic) bond motifs is 1. The van der Waals surface area contributed by atoms with Gasteiger partial charge in [0.1, 0.15) is 10.6 Å². The van der Waals surface area contributed by atoms with E-state index in [-0.39, 0.29) is 11.4 Å². The van der Waals surface area contributed by atoms with Gasteiger partial charge in [0.2, 0.25) is 5.28 Å². The van der Waals surface area contributed by atoms with E-state index in [9.17, 15) is 5.11 Å². The van der Waals surface area contributed by atoms with Crippen LogP contribution in [0.5, 0.6) is 0 Å². The molecule has 2 N–H and O–H groups in total. The largest absolute Gasteiger partial charge is 0.393 e. The third-order valence-electron chi connectivity index (χ3n) is 3.53. The summed E-state index contributed by atoms with van der Waals surface area (Å²) in [4.78, 5) is 10.8. The molecule has 1 aliphatic carbocycles. The molecule has 2 aromatic heterocycles. The summed E-state index contributed by atoms with van der Waals surface area (Å²) in [5.41, 5.74) is 0. The van der Waals surface area contributed by atoms with Crippen LogP contribution in [0.4, 0.5) is 5.82 Å². The molecule has 2 heterocycles. The summed E-state index contributed by atoms with van der Waals surface area (Å²) in [6, 6.07) is 2.13. The van der Waals surface area contributed by atoms with Gasteiger partial charge in [0.15, 0.2) is 0 Å². The van der Waals surface area contributed by atoms with Gasteiger partial charge in [0.25, 0.3) is 0 Å². The first kappa shape index (κ1) is 13.1. The molecule has 3 rings (SSSR count). The Hall–Kier alpha value is -0.910. The van der Waals surface area contributed by atoms with Crippen molar-refractivity contribution in [2.24, 2.45) is 5.92 Å². The number of rotatable bonds is 4. The van der Waals surface area contributed by atoms with E-state index < -0.39 is 0 Å². The molecule has 0 spiro atoms. The lowest BCUT2D eigenvalue weighted by atomic mass is 9.82. The highest BCUT2D eigenvalue weighted by molar-refractivity contribution is 7.18. The highest BCUT2D eigenvalue weighted by Gasteiger charge is 2.27. The summed E-state index contributed by atoms with van der Waals surface area (Å²) in [6.45, 7) is 2.96. The van der Waals surface area contributed by atoms with Crippen molar-refractivity contribution in [1.29, 1.82) is 0 Å². The fourth-order valence-electron chi connectivity index (χ4n) is 2.36. The summed E-state index contributed by atoms with van der Waals surface area (Å²) in [5.74, 6) is 1.34. The zero-order valence-electron chi connectivity index (χ0n) is 10.7. The van der Waals surface area contributed by atoms with Gasteiger partial charge in [-0.2, -0.15) is 0 Å². The summed E-state index contributed by atoms with van der Waals surface area (Å²) in [6.07, 6.45) is 2.62. The number of anilines is 1.